The molecule has 0 atom stereocenters. The SMILES string of the molecule is CCNC(=NCc1ccc(OC)c(OC(F)F)c1)N(C)CC(=O)N(CC)CC. The first-order valence-electron chi connectivity index (χ1n) is 9.25. The minimum atomic E-state index is -2.94. The van der Waals surface area contributed by atoms with Crippen LogP contribution in [0.2, 0.25) is 0 Å². The van der Waals surface area contributed by atoms with Crippen molar-refractivity contribution in [3.63, 3.8) is 0 Å². The van der Waals surface area contributed by atoms with Gasteiger partial charge in [0.05, 0.1) is 20.2 Å². The fourth-order valence-electron chi connectivity index (χ4n) is 2.60. The van der Waals surface area contributed by atoms with Crippen LogP contribution < -0.4 is 14.8 Å². The third-order valence-electron chi connectivity index (χ3n) is 4.04. The minimum absolute atomic E-state index is 0.00942. The molecule has 0 aliphatic heterocycles. The van der Waals surface area contributed by atoms with E-state index >= 15 is 0 Å². The van der Waals surface area contributed by atoms with E-state index in [0.717, 1.165) is 0 Å². The first-order chi connectivity index (χ1) is 13.4. The molecule has 7 nitrogen and oxygen atoms in total. The van der Waals surface area contributed by atoms with E-state index in [2.05, 4.69) is 15.0 Å². The molecule has 158 valence electrons. The van der Waals surface area contributed by atoms with Gasteiger partial charge in [0, 0.05) is 26.7 Å². The Labute approximate surface area is 165 Å². The van der Waals surface area contributed by atoms with Crippen molar-refractivity contribution in [2.75, 3.05) is 40.3 Å². The van der Waals surface area contributed by atoms with Crippen molar-refractivity contribution in [3.8, 4) is 11.5 Å². The highest BCUT2D eigenvalue weighted by Crippen LogP contribution is 2.29. The second-order valence-corrected chi connectivity index (χ2v) is 5.96. The number of halogens is 2. The van der Waals surface area contributed by atoms with Crippen LogP contribution in [0.25, 0.3) is 0 Å². The Morgan fingerprint density at radius 1 is 1.21 bits per heavy atom. The molecule has 1 N–H and O–H groups in total. The molecule has 0 saturated carbocycles. The maximum atomic E-state index is 12.6. The molecule has 9 heteroatoms. The molecule has 28 heavy (non-hydrogen) atoms. The summed E-state index contributed by atoms with van der Waals surface area (Å²) in [6.45, 7) is 5.20. The van der Waals surface area contributed by atoms with Gasteiger partial charge < -0.3 is 24.6 Å². The van der Waals surface area contributed by atoms with E-state index < -0.39 is 6.61 Å². The summed E-state index contributed by atoms with van der Waals surface area (Å²) in [6, 6.07) is 4.76. The summed E-state index contributed by atoms with van der Waals surface area (Å²) in [7, 11) is 3.17. The monoisotopic (exact) mass is 400 g/mol. The molecule has 0 fully saturated rings. The molecule has 0 aromatic heterocycles. The highest BCUT2D eigenvalue weighted by molar-refractivity contribution is 5.86. The van der Waals surface area contributed by atoms with Gasteiger partial charge in [-0.2, -0.15) is 8.78 Å². The second-order valence-electron chi connectivity index (χ2n) is 5.96. The van der Waals surface area contributed by atoms with E-state index in [-0.39, 0.29) is 30.5 Å². The molecular formula is C19H30F2N4O3. The molecule has 0 bridgehead atoms. The maximum Gasteiger partial charge on any atom is 0.387 e. The summed E-state index contributed by atoms with van der Waals surface area (Å²) < 4.78 is 34.7. The van der Waals surface area contributed by atoms with Gasteiger partial charge in [0.25, 0.3) is 0 Å². The van der Waals surface area contributed by atoms with Crippen LogP contribution in [-0.4, -0.2) is 68.6 Å². The van der Waals surface area contributed by atoms with Crippen LogP contribution >= 0.6 is 0 Å². The highest BCUT2D eigenvalue weighted by Gasteiger charge is 2.15. The Balaban J connectivity index is 2.92. The quantitative estimate of drug-likeness (QED) is 0.483. The van der Waals surface area contributed by atoms with E-state index in [1.165, 1.54) is 13.2 Å². The number of nitrogens with zero attached hydrogens (tertiary/aromatic N) is 3. The average molecular weight is 400 g/mol. The van der Waals surface area contributed by atoms with Crippen molar-refractivity contribution in [3.05, 3.63) is 23.8 Å². The molecule has 1 rings (SSSR count). The van der Waals surface area contributed by atoms with Crippen LogP contribution in [-0.2, 0) is 11.3 Å². The number of amides is 1. The van der Waals surface area contributed by atoms with Crippen molar-refractivity contribution < 1.29 is 23.0 Å². The minimum Gasteiger partial charge on any atom is -0.493 e. The van der Waals surface area contributed by atoms with Gasteiger partial charge in [0.2, 0.25) is 5.91 Å². The van der Waals surface area contributed by atoms with Gasteiger partial charge in [0.1, 0.15) is 0 Å². The van der Waals surface area contributed by atoms with Gasteiger partial charge >= 0.3 is 6.61 Å². The van der Waals surface area contributed by atoms with Crippen molar-refractivity contribution >= 4 is 11.9 Å². The summed E-state index contributed by atoms with van der Waals surface area (Å²) in [5, 5.41) is 3.13. The smallest absolute Gasteiger partial charge is 0.387 e. The number of guanidine groups is 1. The third kappa shape index (κ3) is 7.21. The van der Waals surface area contributed by atoms with E-state index in [4.69, 9.17) is 4.74 Å². The lowest BCUT2D eigenvalue weighted by Crippen LogP contribution is -2.45. The van der Waals surface area contributed by atoms with Gasteiger partial charge in [-0.25, -0.2) is 4.99 Å². The number of carbonyl (C=O) groups excluding carboxylic acids is 1. The van der Waals surface area contributed by atoms with Crippen molar-refractivity contribution in [2.24, 2.45) is 4.99 Å². The first-order valence-corrected chi connectivity index (χ1v) is 9.25. The summed E-state index contributed by atoms with van der Waals surface area (Å²) in [6.07, 6.45) is 0. The molecule has 1 aromatic carbocycles. The number of hydrogen-bond acceptors (Lipinski definition) is 4. The normalized spacial score (nSPS) is 11.4. The predicted molar refractivity (Wildman–Crippen MR) is 105 cm³/mol. The zero-order valence-electron chi connectivity index (χ0n) is 17.2. The Bertz CT molecular complexity index is 652. The first kappa shape index (κ1) is 23.5. The van der Waals surface area contributed by atoms with Crippen molar-refractivity contribution in [1.82, 2.24) is 15.1 Å². The Hall–Kier alpha value is -2.58. The molecule has 0 spiro atoms. The largest absolute Gasteiger partial charge is 0.493 e. The van der Waals surface area contributed by atoms with Crippen LogP contribution in [0.5, 0.6) is 11.5 Å². The number of benzene rings is 1. The summed E-state index contributed by atoms with van der Waals surface area (Å²) in [5.74, 6) is 0.743. The fraction of sp³-hybridized carbons (Fsp3) is 0.579. The van der Waals surface area contributed by atoms with Gasteiger partial charge in [0.15, 0.2) is 17.5 Å². The molecule has 0 aliphatic carbocycles. The lowest BCUT2D eigenvalue weighted by molar-refractivity contribution is -0.131. The van der Waals surface area contributed by atoms with Crippen molar-refractivity contribution in [1.29, 1.82) is 0 Å². The molecule has 0 saturated heterocycles. The Morgan fingerprint density at radius 2 is 1.89 bits per heavy atom. The van der Waals surface area contributed by atoms with E-state index in [9.17, 15) is 13.6 Å². The highest BCUT2D eigenvalue weighted by atomic mass is 19.3. The van der Waals surface area contributed by atoms with Gasteiger partial charge in [-0.3, -0.25) is 4.79 Å². The molecule has 1 aromatic rings. The number of hydrogen-bond donors (Lipinski definition) is 1. The number of carbonyl (C=O) groups is 1. The number of alkyl halides is 2. The average Bonchev–Trinajstić information content (AvgIpc) is 2.65. The zero-order chi connectivity index (χ0) is 21.1. The third-order valence-corrected chi connectivity index (χ3v) is 4.04. The predicted octanol–water partition coefficient (Wildman–Crippen LogP) is 2.56. The molecule has 1 amide bonds. The van der Waals surface area contributed by atoms with Gasteiger partial charge in [-0.1, -0.05) is 6.07 Å². The number of methoxy groups -OCH3 is 1. The van der Waals surface area contributed by atoms with Crippen LogP contribution in [0.3, 0.4) is 0 Å². The topological polar surface area (TPSA) is 66.4 Å². The Morgan fingerprint density at radius 3 is 2.43 bits per heavy atom. The number of aliphatic imine (C=N–C) groups is 1. The van der Waals surface area contributed by atoms with E-state index in [0.29, 0.717) is 31.2 Å². The summed E-state index contributed by atoms with van der Waals surface area (Å²) in [4.78, 5) is 20.3. The molecule has 0 aliphatic rings. The summed E-state index contributed by atoms with van der Waals surface area (Å²) in [5.41, 5.74) is 0.676. The van der Waals surface area contributed by atoms with Crippen LogP contribution in [0, 0.1) is 0 Å². The number of nitrogens with one attached hydrogen (secondary N) is 1. The molecule has 0 radical (unpaired) electrons. The number of rotatable bonds is 10. The summed E-state index contributed by atoms with van der Waals surface area (Å²) >= 11 is 0. The zero-order valence-corrected chi connectivity index (χ0v) is 17.2. The van der Waals surface area contributed by atoms with E-state index in [1.54, 1.807) is 29.0 Å². The molecule has 0 unspecified atom stereocenters. The number of likely N-dealkylation sites (N-methyl/N-ethyl adjacent to an activating group) is 2. The second kappa shape index (κ2) is 12.0. The standard InChI is InChI=1S/C19H30F2N4O3/c1-6-22-19(24(4)13-17(26)25(7-2)8-3)23-12-14-9-10-15(27-5)16(11-14)28-18(20)21/h9-11,18H,6-8,12-13H2,1-5H3,(H,22,23). The lowest BCUT2D eigenvalue weighted by Gasteiger charge is -2.25. The van der Waals surface area contributed by atoms with Crippen LogP contribution in [0.15, 0.2) is 23.2 Å². The van der Waals surface area contributed by atoms with Gasteiger partial charge in [-0.05, 0) is 38.5 Å². The lowest BCUT2D eigenvalue weighted by atomic mass is 10.2. The fourth-order valence-corrected chi connectivity index (χ4v) is 2.60. The van der Waals surface area contributed by atoms with Crippen molar-refractivity contribution in [2.45, 2.75) is 33.9 Å². The van der Waals surface area contributed by atoms with Crippen LogP contribution in [0.4, 0.5) is 8.78 Å². The maximum absolute atomic E-state index is 12.6. The molecule has 0 heterocycles. The number of ether oxygens (including phenoxy) is 2. The van der Waals surface area contributed by atoms with Gasteiger partial charge in [-0.15, -0.1) is 0 Å². The Kier molecular flexibility index (Phi) is 10.0. The molecular weight excluding hydrogens is 370 g/mol. The van der Waals surface area contributed by atoms with Crippen LogP contribution in [0.1, 0.15) is 26.3 Å². The van der Waals surface area contributed by atoms with E-state index in [1.807, 2.05) is 20.8 Å².